The van der Waals surface area contributed by atoms with Crippen LogP contribution in [0.2, 0.25) is 0 Å². The zero-order valence-corrected chi connectivity index (χ0v) is 11.8. The summed E-state index contributed by atoms with van der Waals surface area (Å²) in [6.45, 7) is 10.8. The molecule has 0 bridgehead atoms. The van der Waals surface area contributed by atoms with Crippen molar-refractivity contribution in [3.63, 3.8) is 0 Å². The van der Waals surface area contributed by atoms with E-state index in [2.05, 4.69) is 45.1 Å². The second kappa shape index (κ2) is 5.57. The van der Waals surface area contributed by atoms with Crippen LogP contribution in [-0.4, -0.2) is 13.1 Å². The molecular weight excluding hydrogens is 222 g/mol. The summed E-state index contributed by atoms with van der Waals surface area (Å²) in [5, 5.41) is 4.74. The Labute approximate surface area is 109 Å². The van der Waals surface area contributed by atoms with Crippen molar-refractivity contribution in [2.75, 3.05) is 13.1 Å². The molecule has 0 atom stereocenters. The number of rotatable bonds is 5. The minimum absolute atomic E-state index is 0.705. The molecule has 0 amide bonds. The van der Waals surface area contributed by atoms with E-state index in [0.717, 1.165) is 25.1 Å². The van der Waals surface area contributed by atoms with Crippen LogP contribution < -0.4 is 5.32 Å². The van der Waals surface area contributed by atoms with Gasteiger partial charge in [0.05, 0.1) is 6.26 Å². The van der Waals surface area contributed by atoms with Gasteiger partial charge in [0, 0.05) is 5.39 Å². The standard InChI is InChI=1S/C16H23NO/c1-11(2)9-17-8-7-14-10-18-16-13(4)12(3)5-6-15(14)16/h5-6,10-11,17H,7-9H2,1-4H3. The summed E-state index contributed by atoms with van der Waals surface area (Å²) in [6.07, 6.45) is 2.94. The van der Waals surface area contributed by atoms with Crippen molar-refractivity contribution >= 4 is 11.0 Å². The van der Waals surface area contributed by atoms with Crippen LogP contribution in [-0.2, 0) is 6.42 Å². The van der Waals surface area contributed by atoms with Crippen molar-refractivity contribution in [3.8, 4) is 0 Å². The summed E-state index contributed by atoms with van der Waals surface area (Å²) in [7, 11) is 0. The molecule has 0 saturated heterocycles. The Morgan fingerprint density at radius 3 is 2.72 bits per heavy atom. The molecular formula is C16H23NO. The number of benzene rings is 1. The molecule has 1 heterocycles. The van der Waals surface area contributed by atoms with Gasteiger partial charge in [-0.3, -0.25) is 0 Å². The van der Waals surface area contributed by atoms with E-state index in [1.165, 1.54) is 22.1 Å². The van der Waals surface area contributed by atoms with Crippen molar-refractivity contribution in [1.82, 2.24) is 5.32 Å². The van der Waals surface area contributed by atoms with E-state index < -0.39 is 0 Å². The molecule has 0 saturated carbocycles. The van der Waals surface area contributed by atoms with Gasteiger partial charge in [-0.15, -0.1) is 0 Å². The first-order chi connectivity index (χ1) is 8.59. The van der Waals surface area contributed by atoms with E-state index in [1.807, 2.05) is 6.26 Å². The van der Waals surface area contributed by atoms with E-state index in [0.29, 0.717) is 5.92 Å². The van der Waals surface area contributed by atoms with Crippen molar-refractivity contribution in [2.24, 2.45) is 5.92 Å². The van der Waals surface area contributed by atoms with Crippen LogP contribution >= 0.6 is 0 Å². The van der Waals surface area contributed by atoms with Gasteiger partial charge >= 0.3 is 0 Å². The van der Waals surface area contributed by atoms with Gasteiger partial charge in [-0.2, -0.15) is 0 Å². The lowest BCUT2D eigenvalue weighted by molar-refractivity contribution is 0.552. The quantitative estimate of drug-likeness (QED) is 0.810. The van der Waals surface area contributed by atoms with Gasteiger partial charge in [-0.1, -0.05) is 26.0 Å². The third-order valence-electron chi connectivity index (χ3n) is 3.47. The van der Waals surface area contributed by atoms with Crippen LogP contribution in [0, 0.1) is 19.8 Å². The Kier molecular flexibility index (Phi) is 4.07. The highest BCUT2D eigenvalue weighted by molar-refractivity contribution is 5.84. The first-order valence-electron chi connectivity index (χ1n) is 6.76. The predicted molar refractivity (Wildman–Crippen MR) is 77.1 cm³/mol. The van der Waals surface area contributed by atoms with Crippen LogP contribution in [0.15, 0.2) is 22.8 Å². The van der Waals surface area contributed by atoms with Crippen molar-refractivity contribution in [1.29, 1.82) is 0 Å². The molecule has 98 valence electrons. The first kappa shape index (κ1) is 13.2. The van der Waals surface area contributed by atoms with Crippen LogP contribution in [0.25, 0.3) is 11.0 Å². The Bertz CT molecular complexity index is 525. The smallest absolute Gasteiger partial charge is 0.137 e. The summed E-state index contributed by atoms with van der Waals surface area (Å²) < 4.78 is 5.71. The van der Waals surface area contributed by atoms with Crippen LogP contribution in [0.4, 0.5) is 0 Å². The molecule has 0 aliphatic rings. The Morgan fingerprint density at radius 2 is 2.00 bits per heavy atom. The lowest BCUT2D eigenvalue weighted by Crippen LogP contribution is -2.21. The average molecular weight is 245 g/mol. The number of furan rings is 1. The van der Waals surface area contributed by atoms with E-state index in [1.54, 1.807) is 0 Å². The van der Waals surface area contributed by atoms with E-state index in [9.17, 15) is 0 Å². The molecule has 2 nitrogen and oxygen atoms in total. The fourth-order valence-corrected chi connectivity index (χ4v) is 2.20. The molecule has 0 unspecified atom stereocenters. The Morgan fingerprint density at radius 1 is 1.22 bits per heavy atom. The molecule has 0 aliphatic carbocycles. The lowest BCUT2D eigenvalue weighted by atomic mass is 10.0. The number of nitrogens with one attached hydrogen (secondary N) is 1. The summed E-state index contributed by atoms with van der Waals surface area (Å²) in [5.41, 5.74) is 4.91. The van der Waals surface area contributed by atoms with Crippen molar-refractivity contribution < 1.29 is 4.42 Å². The van der Waals surface area contributed by atoms with Gasteiger partial charge in [0.2, 0.25) is 0 Å². The predicted octanol–water partition coefficient (Wildman–Crippen LogP) is 3.84. The van der Waals surface area contributed by atoms with Crippen LogP contribution in [0.5, 0.6) is 0 Å². The lowest BCUT2D eigenvalue weighted by Gasteiger charge is -2.06. The third kappa shape index (κ3) is 2.75. The maximum atomic E-state index is 5.71. The number of hydrogen-bond acceptors (Lipinski definition) is 2. The molecule has 0 aliphatic heterocycles. The molecule has 2 rings (SSSR count). The van der Waals surface area contributed by atoms with Gasteiger partial charge < -0.3 is 9.73 Å². The van der Waals surface area contributed by atoms with Gasteiger partial charge in [0.1, 0.15) is 5.58 Å². The van der Waals surface area contributed by atoms with Crippen molar-refractivity contribution in [3.05, 3.63) is 35.1 Å². The number of hydrogen-bond donors (Lipinski definition) is 1. The molecule has 1 N–H and O–H groups in total. The highest BCUT2D eigenvalue weighted by atomic mass is 16.3. The Balaban J connectivity index is 2.08. The molecule has 1 aromatic carbocycles. The van der Waals surface area contributed by atoms with Gasteiger partial charge in [0.25, 0.3) is 0 Å². The van der Waals surface area contributed by atoms with Gasteiger partial charge in [-0.25, -0.2) is 0 Å². The van der Waals surface area contributed by atoms with E-state index >= 15 is 0 Å². The molecule has 18 heavy (non-hydrogen) atoms. The Hall–Kier alpha value is -1.28. The minimum atomic E-state index is 0.705. The maximum Gasteiger partial charge on any atom is 0.137 e. The summed E-state index contributed by atoms with van der Waals surface area (Å²) in [4.78, 5) is 0. The summed E-state index contributed by atoms with van der Waals surface area (Å²) >= 11 is 0. The molecule has 1 aromatic heterocycles. The summed E-state index contributed by atoms with van der Waals surface area (Å²) in [6, 6.07) is 4.36. The molecule has 2 heteroatoms. The van der Waals surface area contributed by atoms with E-state index in [-0.39, 0.29) is 0 Å². The second-order valence-corrected chi connectivity index (χ2v) is 5.49. The topological polar surface area (TPSA) is 25.2 Å². The minimum Gasteiger partial charge on any atom is -0.464 e. The summed E-state index contributed by atoms with van der Waals surface area (Å²) in [5.74, 6) is 0.705. The maximum absolute atomic E-state index is 5.71. The largest absolute Gasteiger partial charge is 0.464 e. The normalized spacial score (nSPS) is 11.6. The molecule has 0 fully saturated rings. The highest BCUT2D eigenvalue weighted by Crippen LogP contribution is 2.26. The molecule has 0 spiro atoms. The first-order valence-corrected chi connectivity index (χ1v) is 6.76. The van der Waals surface area contributed by atoms with Crippen LogP contribution in [0.1, 0.15) is 30.5 Å². The SMILES string of the molecule is Cc1ccc2c(CCNCC(C)C)coc2c1C. The molecule has 2 aromatic rings. The number of fused-ring (bicyclic) bond motifs is 1. The zero-order chi connectivity index (χ0) is 13.1. The zero-order valence-electron chi connectivity index (χ0n) is 11.8. The second-order valence-electron chi connectivity index (χ2n) is 5.49. The highest BCUT2D eigenvalue weighted by Gasteiger charge is 2.09. The van der Waals surface area contributed by atoms with E-state index in [4.69, 9.17) is 4.42 Å². The molecule has 0 radical (unpaired) electrons. The monoisotopic (exact) mass is 245 g/mol. The fraction of sp³-hybridized carbons (Fsp3) is 0.500. The van der Waals surface area contributed by atoms with Gasteiger partial charge in [-0.05, 0) is 56.0 Å². The number of aryl methyl sites for hydroxylation is 2. The third-order valence-corrected chi connectivity index (χ3v) is 3.47. The van der Waals surface area contributed by atoms with Gasteiger partial charge in [0.15, 0.2) is 0 Å². The fourth-order valence-electron chi connectivity index (χ4n) is 2.20. The van der Waals surface area contributed by atoms with Crippen LogP contribution in [0.3, 0.4) is 0 Å². The average Bonchev–Trinajstić information content (AvgIpc) is 2.73. The van der Waals surface area contributed by atoms with Crippen molar-refractivity contribution in [2.45, 2.75) is 34.1 Å².